The molecule has 0 heterocycles. The quantitative estimate of drug-likeness (QED) is 0.552. The number of hydrogen-bond acceptors (Lipinski definition) is 0. The monoisotopic (exact) mass is 246 g/mol. The van der Waals surface area contributed by atoms with Crippen LogP contribution in [0.4, 0.5) is 0 Å². The summed E-state index contributed by atoms with van der Waals surface area (Å²) in [6.45, 7) is 6.83. The second-order valence-electron chi connectivity index (χ2n) is 6.65. The van der Waals surface area contributed by atoms with Gasteiger partial charge in [-0.25, -0.2) is 0 Å². The maximum Gasteiger partial charge on any atom is -0.00300 e. The van der Waals surface area contributed by atoms with Crippen LogP contribution in [0.5, 0.6) is 0 Å². The van der Waals surface area contributed by atoms with E-state index >= 15 is 0 Å². The fourth-order valence-electron chi connectivity index (χ4n) is 3.65. The molecular formula is C19H18. The molecule has 94 valence electrons. The maximum atomic E-state index is 2.44. The van der Waals surface area contributed by atoms with E-state index < -0.39 is 0 Å². The Labute approximate surface area is 113 Å². The smallest absolute Gasteiger partial charge is 0.00300 e. The first kappa shape index (κ1) is 11.0. The van der Waals surface area contributed by atoms with Crippen LogP contribution < -0.4 is 5.22 Å². The normalized spacial score (nSPS) is 16.8. The van der Waals surface area contributed by atoms with Gasteiger partial charge in [0.15, 0.2) is 0 Å². The van der Waals surface area contributed by atoms with Gasteiger partial charge >= 0.3 is 0 Å². The van der Waals surface area contributed by atoms with Gasteiger partial charge in [-0.2, -0.15) is 0 Å². The third kappa shape index (κ3) is 1.53. The molecular weight excluding hydrogens is 228 g/mol. The molecule has 0 unspecified atom stereocenters. The van der Waals surface area contributed by atoms with Crippen LogP contribution in [0.2, 0.25) is 0 Å². The van der Waals surface area contributed by atoms with Crippen LogP contribution in [0, 0.1) is 12.3 Å². The summed E-state index contributed by atoms with van der Waals surface area (Å²) in [6.07, 6.45) is 3.58. The third-order valence-electron chi connectivity index (χ3n) is 4.30. The SMILES string of the molecule is Cc1cc2ccc3c4c(ccc(c1)c24)=CC(C)(C)C3. The van der Waals surface area contributed by atoms with E-state index in [9.17, 15) is 0 Å². The van der Waals surface area contributed by atoms with Crippen LogP contribution in [-0.2, 0) is 6.42 Å². The van der Waals surface area contributed by atoms with Crippen LogP contribution >= 0.6 is 0 Å². The molecule has 0 aliphatic heterocycles. The summed E-state index contributed by atoms with van der Waals surface area (Å²) in [5, 5.41) is 7.10. The van der Waals surface area contributed by atoms with Crippen molar-refractivity contribution in [1.82, 2.24) is 0 Å². The van der Waals surface area contributed by atoms with Crippen molar-refractivity contribution in [2.24, 2.45) is 5.41 Å². The summed E-state index contributed by atoms with van der Waals surface area (Å²) in [5.74, 6) is 0. The van der Waals surface area contributed by atoms with Crippen LogP contribution in [0.3, 0.4) is 0 Å². The predicted octanol–water partition coefficient (Wildman–Crippen LogP) is 4.38. The molecule has 0 saturated heterocycles. The lowest BCUT2D eigenvalue weighted by atomic mass is 9.78. The average molecular weight is 246 g/mol. The van der Waals surface area contributed by atoms with Gasteiger partial charge in [0.1, 0.15) is 0 Å². The Morgan fingerprint density at radius 1 is 0.895 bits per heavy atom. The lowest BCUT2D eigenvalue weighted by molar-refractivity contribution is 0.511. The lowest BCUT2D eigenvalue weighted by Crippen LogP contribution is -2.22. The van der Waals surface area contributed by atoms with Crippen molar-refractivity contribution in [1.29, 1.82) is 0 Å². The zero-order chi connectivity index (χ0) is 13.2. The first-order valence-electron chi connectivity index (χ1n) is 7.01. The molecule has 0 N–H and O–H groups in total. The fourth-order valence-corrected chi connectivity index (χ4v) is 3.65. The molecule has 19 heavy (non-hydrogen) atoms. The van der Waals surface area contributed by atoms with E-state index in [0.717, 1.165) is 6.42 Å². The van der Waals surface area contributed by atoms with Crippen LogP contribution in [0.15, 0.2) is 36.4 Å². The number of benzene rings is 3. The molecule has 0 fully saturated rings. The molecule has 0 amide bonds. The van der Waals surface area contributed by atoms with Crippen molar-refractivity contribution in [2.45, 2.75) is 27.2 Å². The van der Waals surface area contributed by atoms with Crippen molar-refractivity contribution in [3.05, 3.63) is 52.7 Å². The maximum absolute atomic E-state index is 2.44. The van der Waals surface area contributed by atoms with E-state index in [2.05, 4.69) is 63.2 Å². The molecule has 0 bridgehead atoms. The van der Waals surface area contributed by atoms with Crippen molar-refractivity contribution in [3.8, 4) is 0 Å². The van der Waals surface area contributed by atoms with Gasteiger partial charge in [0, 0.05) is 0 Å². The van der Waals surface area contributed by atoms with Gasteiger partial charge in [-0.15, -0.1) is 0 Å². The van der Waals surface area contributed by atoms with E-state index in [0.29, 0.717) is 0 Å². The Kier molecular flexibility index (Phi) is 1.97. The van der Waals surface area contributed by atoms with Gasteiger partial charge in [0.25, 0.3) is 0 Å². The van der Waals surface area contributed by atoms with Crippen molar-refractivity contribution in [2.75, 3.05) is 0 Å². The summed E-state index contributed by atoms with van der Waals surface area (Å²) in [7, 11) is 0. The molecule has 1 aliphatic carbocycles. The summed E-state index contributed by atoms with van der Waals surface area (Å²) >= 11 is 0. The van der Waals surface area contributed by atoms with Crippen LogP contribution in [0.1, 0.15) is 25.0 Å². The molecule has 3 aromatic rings. The molecule has 0 aromatic heterocycles. The standard InChI is InChI=1S/C19H18/c1-12-8-13-4-6-15-10-19(2,3)11-16-7-5-14(9-12)17(13)18(15)16/h4-10H,11H2,1-3H3. The highest BCUT2D eigenvalue weighted by atomic mass is 14.3. The Morgan fingerprint density at radius 3 is 2.32 bits per heavy atom. The van der Waals surface area contributed by atoms with Crippen molar-refractivity contribution in [3.63, 3.8) is 0 Å². The summed E-state index contributed by atoms with van der Waals surface area (Å²) < 4.78 is 0. The topological polar surface area (TPSA) is 0 Å². The van der Waals surface area contributed by atoms with E-state index in [1.54, 1.807) is 0 Å². The molecule has 0 heteroatoms. The highest BCUT2D eigenvalue weighted by Gasteiger charge is 2.22. The third-order valence-corrected chi connectivity index (χ3v) is 4.30. The number of aryl methyl sites for hydroxylation is 1. The molecule has 3 aromatic carbocycles. The van der Waals surface area contributed by atoms with Gasteiger partial charge in [0.05, 0.1) is 0 Å². The van der Waals surface area contributed by atoms with Gasteiger partial charge in [0.2, 0.25) is 0 Å². The summed E-state index contributed by atoms with van der Waals surface area (Å²) in [6, 6.07) is 13.8. The molecule has 1 aliphatic rings. The minimum Gasteiger partial charge on any atom is -0.0706 e. The Bertz CT molecular complexity index is 847. The Hall–Kier alpha value is -1.82. The van der Waals surface area contributed by atoms with E-state index in [1.165, 1.54) is 37.9 Å². The van der Waals surface area contributed by atoms with Crippen molar-refractivity contribution >= 4 is 27.6 Å². The first-order chi connectivity index (χ1) is 9.03. The highest BCUT2D eigenvalue weighted by molar-refractivity contribution is 6.12. The molecule has 4 rings (SSSR count). The van der Waals surface area contributed by atoms with Gasteiger partial charge in [-0.3, -0.25) is 0 Å². The number of hydrogen-bond donors (Lipinski definition) is 0. The first-order valence-corrected chi connectivity index (χ1v) is 7.01. The zero-order valence-corrected chi connectivity index (χ0v) is 11.7. The van der Waals surface area contributed by atoms with E-state index in [-0.39, 0.29) is 5.41 Å². The fraction of sp³-hybridized carbons (Fsp3) is 0.263. The molecule has 0 atom stereocenters. The van der Waals surface area contributed by atoms with E-state index in [4.69, 9.17) is 0 Å². The van der Waals surface area contributed by atoms with Crippen molar-refractivity contribution < 1.29 is 0 Å². The predicted molar refractivity (Wildman–Crippen MR) is 83.4 cm³/mol. The Morgan fingerprint density at radius 2 is 1.58 bits per heavy atom. The Balaban J connectivity index is 2.31. The van der Waals surface area contributed by atoms with Gasteiger partial charge in [-0.05, 0) is 56.6 Å². The second kappa shape index (κ2) is 3.39. The molecule has 0 nitrogen and oxygen atoms in total. The van der Waals surface area contributed by atoms with Gasteiger partial charge in [-0.1, -0.05) is 56.3 Å². The molecule has 0 radical (unpaired) electrons. The largest absolute Gasteiger partial charge is 0.0706 e. The van der Waals surface area contributed by atoms with Crippen LogP contribution in [-0.4, -0.2) is 0 Å². The highest BCUT2D eigenvalue weighted by Crippen LogP contribution is 2.35. The minimum absolute atomic E-state index is 0.266. The second-order valence-corrected chi connectivity index (χ2v) is 6.65. The average Bonchev–Trinajstić information content (AvgIpc) is 2.33. The summed E-state index contributed by atoms with van der Waals surface area (Å²) in [4.78, 5) is 0. The zero-order valence-electron chi connectivity index (χ0n) is 11.7. The molecule has 0 saturated carbocycles. The van der Waals surface area contributed by atoms with Crippen LogP contribution in [0.25, 0.3) is 27.6 Å². The van der Waals surface area contributed by atoms with Gasteiger partial charge < -0.3 is 0 Å². The lowest BCUT2D eigenvalue weighted by Gasteiger charge is -2.26. The van der Waals surface area contributed by atoms with E-state index in [1.807, 2.05) is 0 Å². The summed E-state index contributed by atoms with van der Waals surface area (Å²) in [5.41, 5.74) is 3.11. The molecule has 0 spiro atoms. The minimum atomic E-state index is 0.266. The number of rotatable bonds is 0.